The van der Waals surface area contributed by atoms with Crippen molar-refractivity contribution in [1.29, 1.82) is 0 Å². The Kier molecular flexibility index (Phi) is 6.10. The van der Waals surface area contributed by atoms with Gasteiger partial charge in [-0.3, -0.25) is 4.79 Å². The first-order valence-corrected chi connectivity index (χ1v) is 14.7. The van der Waals surface area contributed by atoms with Gasteiger partial charge >= 0.3 is 5.97 Å². The van der Waals surface area contributed by atoms with E-state index >= 15 is 0 Å². The third-order valence-corrected chi connectivity index (χ3v) is 8.78. The highest BCUT2D eigenvalue weighted by Gasteiger charge is 2.33. The van der Waals surface area contributed by atoms with Crippen LogP contribution >= 0.6 is 0 Å². The summed E-state index contributed by atoms with van der Waals surface area (Å²) in [5.74, 6) is -1.99. The molecule has 1 N–H and O–H groups in total. The van der Waals surface area contributed by atoms with E-state index in [4.69, 9.17) is 0 Å². The fourth-order valence-corrected chi connectivity index (χ4v) is 6.58. The minimum Gasteiger partial charge on any atom is -0.481 e. The standard InChI is InChI=1S/C24H26FNO6S2/c1-14(15-7-9-18(10-8-15)33(2,29)30)26-23-16(11-22(27)28)5-4-6-19(23)20-12-17(25)13-21(24(20)26)34(3,31)32/h7-10,12-14,16H,4-6,11H2,1-3H3,(H,27,28)/t14?,16-/m1/s1. The summed E-state index contributed by atoms with van der Waals surface area (Å²) in [6.07, 6.45) is 3.93. The Morgan fingerprint density at radius 1 is 1.12 bits per heavy atom. The van der Waals surface area contributed by atoms with Crippen LogP contribution in [-0.2, 0) is 30.9 Å². The average molecular weight is 508 g/mol. The van der Waals surface area contributed by atoms with Gasteiger partial charge in [-0.25, -0.2) is 21.2 Å². The second-order valence-electron chi connectivity index (χ2n) is 9.01. The molecule has 0 saturated heterocycles. The van der Waals surface area contributed by atoms with Gasteiger partial charge in [0.2, 0.25) is 0 Å². The first-order valence-electron chi connectivity index (χ1n) is 10.9. The molecule has 4 rings (SSSR count). The molecule has 0 amide bonds. The van der Waals surface area contributed by atoms with Crippen LogP contribution in [0.2, 0.25) is 0 Å². The van der Waals surface area contributed by atoms with Crippen LogP contribution < -0.4 is 0 Å². The highest BCUT2D eigenvalue weighted by Crippen LogP contribution is 2.44. The van der Waals surface area contributed by atoms with Crippen molar-refractivity contribution in [3.63, 3.8) is 0 Å². The third-order valence-electron chi connectivity index (χ3n) is 6.54. The molecule has 3 aromatic rings. The van der Waals surface area contributed by atoms with Crippen molar-refractivity contribution in [2.75, 3.05) is 12.5 Å². The van der Waals surface area contributed by atoms with E-state index < -0.39 is 37.5 Å². The van der Waals surface area contributed by atoms with Gasteiger partial charge in [-0.15, -0.1) is 0 Å². The topological polar surface area (TPSA) is 111 Å². The summed E-state index contributed by atoms with van der Waals surface area (Å²) in [5, 5.41) is 10.0. The Morgan fingerprint density at radius 2 is 1.76 bits per heavy atom. The van der Waals surface area contributed by atoms with Gasteiger partial charge in [0.05, 0.1) is 27.8 Å². The molecular formula is C24H26FNO6S2. The molecule has 0 bridgehead atoms. The molecule has 1 aliphatic rings. The highest BCUT2D eigenvalue weighted by molar-refractivity contribution is 7.91. The number of nitrogens with zero attached hydrogens (tertiary/aromatic N) is 1. The monoisotopic (exact) mass is 507 g/mol. The second-order valence-corrected chi connectivity index (χ2v) is 13.0. The van der Waals surface area contributed by atoms with E-state index in [0.29, 0.717) is 35.9 Å². The maximum Gasteiger partial charge on any atom is 0.304 e. The summed E-state index contributed by atoms with van der Waals surface area (Å²) in [7, 11) is -7.21. The molecule has 2 aromatic carbocycles. The van der Waals surface area contributed by atoms with Crippen LogP contribution in [0, 0.1) is 5.82 Å². The first kappa shape index (κ1) is 24.4. The largest absolute Gasteiger partial charge is 0.481 e. The number of carboxylic acids is 1. The zero-order chi connectivity index (χ0) is 25.0. The molecule has 0 fully saturated rings. The van der Waals surface area contributed by atoms with Gasteiger partial charge in [-0.1, -0.05) is 12.1 Å². The number of benzene rings is 2. The molecule has 0 aliphatic heterocycles. The van der Waals surface area contributed by atoms with Crippen LogP contribution in [0.15, 0.2) is 46.2 Å². The summed E-state index contributed by atoms with van der Waals surface area (Å²) >= 11 is 0. The van der Waals surface area contributed by atoms with Crippen molar-refractivity contribution in [2.24, 2.45) is 0 Å². The number of carbonyl (C=O) groups is 1. The van der Waals surface area contributed by atoms with Crippen LogP contribution in [0.5, 0.6) is 0 Å². The molecule has 1 heterocycles. The predicted molar refractivity (Wildman–Crippen MR) is 126 cm³/mol. The maximum absolute atomic E-state index is 14.6. The van der Waals surface area contributed by atoms with E-state index in [9.17, 15) is 31.1 Å². The zero-order valence-corrected chi connectivity index (χ0v) is 20.7. The molecule has 1 aliphatic carbocycles. The SMILES string of the molecule is CC(c1ccc(S(C)(=O)=O)cc1)n1c2c(c3cc(F)cc(S(C)(=O)=O)c31)CCC[C@@H]2CC(=O)O. The summed E-state index contributed by atoms with van der Waals surface area (Å²) < 4.78 is 65.5. The molecule has 1 unspecified atom stereocenters. The zero-order valence-electron chi connectivity index (χ0n) is 19.1. The Bertz CT molecular complexity index is 1510. The average Bonchev–Trinajstić information content (AvgIpc) is 3.06. The molecule has 10 heteroatoms. The van der Waals surface area contributed by atoms with E-state index in [0.717, 1.165) is 29.7 Å². The second kappa shape index (κ2) is 8.49. The van der Waals surface area contributed by atoms with Gasteiger partial charge in [0.1, 0.15) is 5.82 Å². The number of sulfone groups is 2. The van der Waals surface area contributed by atoms with Crippen molar-refractivity contribution in [1.82, 2.24) is 4.57 Å². The molecule has 34 heavy (non-hydrogen) atoms. The minimum absolute atomic E-state index is 0.125. The fourth-order valence-electron chi connectivity index (χ4n) is 5.06. The minimum atomic E-state index is -3.81. The van der Waals surface area contributed by atoms with Gasteiger partial charge in [-0.05, 0) is 61.6 Å². The molecule has 7 nitrogen and oxygen atoms in total. The van der Waals surface area contributed by atoms with E-state index in [1.165, 1.54) is 18.2 Å². The van der Waals surface area contributed by atoms with E-state index in [1.807, 2.05) is 11.5 Å². The number of rotatable bonds is 6. The van der Waals surface area contributed by atoms with Gasteiger partial charge < -0.3 is 9.67 Å². The van der Waals surface area contributed by atoms with Crippen molar-refractivity contribution in [2.45, 2.75) is 54.4 Å². The first-order chi connectivity index (χ1) is 15.8. The lowest BCUT2D eigenvalue weighted by Gasteiger charge is -2.28. The van der Waals surface area contributed by atoms with Crippen LogP contribution in [0.3, 0.4) is 0 Å². The molecule has 182 valence electrons. The van der Waals surface area contributed by atoms with Crippen molar-refractivity contribution in [3.8, 4) is 0 Å². The fraction of sp³-hybridized carbons (Fsp3) is 0.375. The number of halogens is 1. The van der Waals surface area contributed by atoms with Gasteiger partial charge in [-0.2, -0.15) is 0 Å². The van der Waals surface area contributed by atoms with Crippen LogP contribution in [0.4, 0.5) is 4.39 Å². The Hall–Kier alpha value is -2.72. The van der Waals surface area contributed by atoms with E-state index in [2.05, 4.69) is 0 Å². The van der Waals surface area contributed by atoms with Gasteiger partial charge in [0, 0.05) is 29.5 Å². The number of aryl methyl sites for hydroxylation is 1. The Labute approximate surface area is 198 Å². The molecule has 0 saturated carbocycles. The quantitative estimate of drug-likeness (QED) is 0.538. The number of hydrogen-bond donors (Lipinski definition) is 1. The third kappa shape index (κ3) is 4.36. The summed E-state index contributed by atoms with van der Waals surface area (Å²) in [6, 6.07) is 8.18. The van der Waals surface area contributed by atoms with Crippen LogP contribution in [0.1, 0.15) is 55.0 Å². The summed E-state index contributed by atoms with van der Waals surface area (Å²) in [4.78, 5) is 11.6. The molecular weight excluding hydrogens is 481 g/mol. The summed E-state index contributed by atoms with van der Waals surface area (Å²) in [6.45, 7) is 1.84. The van der Waals surface area contributed by atoms with Crippen molar-refractivity contribution >= 4 is 36.5 Å². The highest BCUT2D eigenvalue weighted by atomic mass is 32.2. The molecule has 0 spiro atoms. The number of carboxylic acid groups (broad SMARTS) is 1. The smallest absolute Gasteiger partial charge is 0.304 e. The van der Waals surface area contributed by atoms with Crippen molar-refractivity contribution in [3.05, 3.63) is 59.0 Å². The van der Waals surface area contributed by atoms with Crippen LogP contribution in [-0.4, -0.2) is 45.0 Å². The maximum atomic E-state index is 14.6. The lowest BCUT2D eigenvalue weighted by molar-refractivity contribution is -0.137. The van der Waals surface area contributed by atoms with Crippen molar-refractivity contribution < 1.29 is 31.1 Å². The van der Waals surface area contributed by atoms with Crippen LogP contribution in [0.25, 0.3) is 10.9 Å². The summed E-state index contributed by atoms with van der Waals surface area (Å²) in [5.41, 5.74) is 2.55. The van der Waals surface area contributed by atoms with E-state index in [-0.39, 0.29) is 22.1 Å². The normalized spacial score (nSPS) is 17.5. The Morgan fingerprint density at radius 3 is 2.32 bits per heavy atom. The van der Waals surface area contributed by atoms with Gasteiger partial charge in [0.15, 0.2) is 19.7 Å². The number of aromatic nitrogens is 1. The Balaban J connectivity index is 2.05. The molecule has 2 atom stereocenters. The lowest BCUT2D eigenvalue weighted by atomic mass is 9.84. The molecule has 1 aromatic heterocycles. The number of hydrogen-bond acceptors (Lipinski definition) is 5. The van der Waals surface area contributed by atoms with E-state index in [1.54, 1.807) is 12.1 Å². The van der Waals surface area contributed by atoms with Gasteiger partial charge in [0.25, 0.3) is 0 Å². The number of aliphatic carboxylic acids is 1. The molecule has 0 radical (unpaired) electrons. The lowest BCUT2D eigenvalue weighted by Crippen LogP contribution is -2.20. The number of fused-ring (bicyclic) bond motifs is 3. The predicted octanol–water partition coefficient (Wildman–Crippen LogP) is 4.09.